The Labute approximate surface area is 142 Å². The first-order chi connectivity index (χ1) is 11.6. The molecule has 3 rings (SSSR count). The molecule has 0 unspecified atom stereocenters. The molecular formula is C19H15F2NOS. The predicted octanol–water partition coefficient (Wildman–Crippen LogP) is 4.67. The van der Waals surface area contributed by atoms with Crippen molar-refractivity contribution in [2.24, 2.45) is 0 Å². The second-order valence-corrected chi connectivity index (χ2v) is 6.39. The number of carbonyl (C=O) groups excluding carboxylic acids is 1. The average Bonchev–Trinajstić information content (AvgIpc) is 3.07. The lowest BCUT2D eigenvalue weighted by molar-refractivity contribution is 0.0958. The smallest absolute Gasteiger partial charge is 0.261 e. The summed E-state index contributed by atoms with van der Waals surface area (Å²) in [7, 11) is 0. The summed E-state index contributed by atoms with van der Waals surface area (Å²) in [5, 5.41) is 2.85. The quantitative estimate of drug-likeness (QED) is 0.717. The number of thiophene rings is 1. The van der Waals surface area contributed by atoms with Gasteiger partial charge >= 0.3 is 0 Å². The maximum Gasteiger partial charge on any atom is 0.261 e. The van der Waals surface area contributed by atoms with Crippen LogP contribution in [0.25, 0.3) is 10.4 Å². The first-order valence-electron chi connectivity index (χ1n) is 7.50. The van der Waals surface area contributed by atoms with Crippen LogP contribution in [0.15, 0.2) is 60.7 Å². The van der Waals surface area contributed by atoms with Gasteiger partial charge in [-0.25, -0.2) is 8.78 Å². The Hall–Kier alpha value is -2.53. The molecule has 3 aromatic rings. The third-order valence-corrected chi connectivity index (χ3v) is 4.70. The van der Waals surface area contributed by atoms with Gasteiger partial charge in [-0.1, -0.05) is 24.3 Å². The summed E-state index contributed by atoms with van der Waals surface area (Å²) < 4.78 is 25.8. The second-order valence-electron chi connectivity index (χ2n) is 5.30. The van der Waals surface area contributed by atoms with Gasteiger partial charge in [-0.3, -0.25) is 4.79 Å². The minimum Gasteiger partial charge on any atom is -0.351 e. The molecule has 0 fully saturated rings. The van der Waals surface area contributed by atoms with E-state index in [4.69, 9.17) is 0 Å². The number of carbonyl (C=O) groups is 1. The highest BCUT2D eigenvalue weighted by molar-refractivity contribution is 7.17. The van der Waals surface area contributed by atoms with Gasteiger partial charge in [-0.05, 0) is 53.9 Å². The minimum atomic E-state index is -0.283. The summed E-state index contributed by atoms with van der Waals surface area (Å²) in [5.41, 5.74) is 1.85. The van der Waals surface area contributed by atoms with E-state index in [1.165, 1.54) is 35.6 Å². The Morgan fingerprint density at radius 1 is 0.875 bits per heavy atom. The highest BCUT2D eigenvalue weighted by Crippen LogP contribution is 2.28. The summed E-state index contributed by atoms with van der Waals surface area (Å²) >= 11 is 1.36. The van der Waals surface area contributed by atoms with Gasteiger partial charge in [0.15, 0.2) is 0 Å². The maximum absolute atomic E-state index is 13.0. The number of rotatable bonds is 5. The number of hydrogen-bond donors (Lipinski definition) is 1. The van der Waals surface area contributed by atoms with Crippen molar-refractivity contribution >= 4 is 17.2 Å². The van der Waals surface area contributed by atoms with Crippen molar-refractivity contribution in [3.63, 3.8) is 0 Å². The van der Waals surface area contributed by atoms with Crippen LogP contribution in [0.2, 0.25) is 0 Å². The van der Waals surface area contributed by atoms with Crippen LogP contribution in [0, 0.1) is 11.6 Å². The van der Waals surface area contributed by atoms with Gasteiger partial charge in [0.2, 0.25) is 0 Å². The largest absolute Gasteiger partial charge is 0.351 e. The molecule has 0 bridgehead atoms. The molecule has 2 nitrogen and oxygen atoms in total. The highest BCUT2D eigenvalue weighted by Gasteiger charge is 2.10. The van der Waals surface area contributed by atoms with Crippen molar-refractivity contribution in [1.82, 2.24) is 5.32 Å². The molecule has 0 aliphatic carbocycles. The second kappa shape index (κ2) is 7.36. The van der Waals surface area contributed by atoms with Crippen molar-refractivity contribution < 1.29 is 13.6 Å². The standard InChI is InChI=1S/C19H15F2NOS/c20-15-5-1-13(2-6-15)11-12-22-19(23)18-10-9-17(24-18)14-3-7-16(21)8-4-14/h1-10H,11-12H2,(H,22,23). The predicted molar refractivity (Wildman–Crippen MR) is 92.2 cm³/mol. The summed E-state index contributed by atoms with van der Waals surface area (Å²) in [6.07, 6.45) is 0.641. The lowest BCUT2D eigenvalue weighted by Crippen LogP contribution is -2.24. The Bertz CT molecular complexity index is 825. The summed E-state index contributed by atoms with van der Waals surface area (Å²) in [6.45, 7) is 0.480. The average molecular weight is 343 g/mol. The fourth-order valence-electron chi connectivity index (χ4n) is 2.29. The number of halogens is 2. The Morgan fingerprint density at radius 3 is 2.17 bits per heavy atom. The van der Waals surface area contributed by atoms with Crippen LogP contribution in [0.3, 0.4) is 0 Å². The number of nitrogens with one attached hydrogen (secondary N) is 1. The van der Waals surface area contributed by atoms with E-state index in [1.807, 2.05) is 6.07 Å². The van der Waals surface area contributed by atoms with Crippen molar-refractivity contribution in [2.75, 3.05) is 6.54 Å². The van der Waals surface area contributed by atoms with E-state index in [1.54, 1.807) is 30.3 Å². The van der Waals surface area contributed by atoms with Crippen LogP contribution in [-0.4, -0.2) is 12.5 Å². The van der Waals surface area contributed by atoms with Crippen LogP contribution < -0.4 is 5.32 Å². The normalized spacial score (nSPS) is 10.6. The van der Waals surface area contributed by atoms with E-state index in [-0.39, 0.29) is 17.5 Å². The van der Waals surface area contributed by atoms with Gasteiger partial charge in [0.1, 0.15) is 11.6 Å². The zero-order chi connectivity index (χ0) is 16.9. The van der Waals surface area contributed by atoms with Crippen LogP contribution in [0.5, 0.6) is 0 Å². The third kappa shape index (κ3) is 4.06. The van der Waals surface area contributed by atoms with E-state index >= 15 is 0 Å². The Morgan fingerprint density at radius 2 is 1.50 bits per heavy atom. The van der Waals surface area contributed by atoms with E-state index in [2.05, 4.69) is 5.32 Å². The molecule has 0 aliphatic rings. The third-order valence-electron chi connectivity index (χ3n) is 3.57. The van der Waals surface area contributed by atoms with Gasteiger partial charge < -0.3 is 5.32 Å². The SMILES string of the molecule is O=C(NCCc1ccc(F)cc1)c1ccc(-c2ccc(F)cc2)s1. The number of hydrogen-bond acceptors (Lipinski definition) is 2. The summed E-state index contributed by atoms with van der Waals surface area (Å²) in [4.78, 5) is 13.7. The van der Waals surface area contributed by atoms with Crippen LogP contribution in [0.1, 0.15) is 15.2 Å². The molecular weight excluding hydrogens is 328 g/mol. The lowest BCUT2D eigenvalue weighted by Gasteiger charge is -2.04. The van der Waals surface area contributed by atoms with E-state index in [0.717, 1.165) is 16.0 Å². The molecule has 0 saturated heterocycles. The number of amides is 1. The molecule has 1 amide bonds. The molecule has 5 heteroatoms. The molecule has 1 heterocycles. The topological polar surface area (TPSA) is 29.1 Å². The first-order valence-corrected chi connectivity index (χ1v) is 8.32. The molecule has 24 heavy (non-hydrogen) atoms. The molecule has 1 aromatic heterocycles. The van der Waals surface area contributed by atoms with Gasteiger partial charge in [0.05, 0.1) is 4.88 Å². The van der Waals surface area contributed by atoms with Crippen LogP contribution >= 0.6 is 11.3 Å². The highest BCUT2D eigenvalue weighted by atomic mass is 32.1. The molecule has 0 aliphatic heterocycles. The monoisotopic (exact) mass is 343 g/mol. The molecule has 2 aromatic carbocycles. The molecule has 122 valence electrons. The zero-order valence-corrected chi connectivity index (χ0v) is 13.6. The fourth-order valence-corrected chi connectivity index (χ4v) is 3.22. The van der Waals surface area contributed by atoms with Crippen molar-refractivity contribution in [2.45, 2.75) is 6.42 Å². The first kappa shape index (κ1) is 16.3. The molecule has 0 radical (unpaired) electrons. The fraction of sp³-hybridized carbons (Fsp3) is 0.105. The van der Waals surface area contributed by atoms with Crippen LogP contribution in [-0.2, 0) is 6.42 Å². The number of benzene rings is 2. The zero-order valence-electron chi connectivity index (χ0n) is 12.8. The Kier molecular flexibility index (Phi) is 5.01. The van der Waals surface area contributed by atoms with Crippen molar-refractivity contribution in [1.29, 1.82) is 0 Å². The van der Waals surface area contributed by atoms with Gasteiger partial charge in [0.25, 0.3) is 5.91 Å². The molecule has 0 spiro atoms. The van der Waals surface area contributed by atoms with Gasteiger partial charge in [-0.2, -0.15) is 0 Å². The summed E-state index contributed by atoms with van der Waals surface area (Å²) in [6, 6.07) is 16.0. The minimum absolute atomic E-state index is 0.143. The van der Waals surface area contributed by atoms with Crippen LogP contribution in [0.4, 0.5) is 8.78 Å². The molecule has 0 atom stereocenters. The van der Waals surface area contributed by atoms with Gasteiger partial charge in [0, 0.05) is 11.4 Å². The summed E-state index contributed by atoms with van der Waals surface area (Å²) in [5.74, 6) is -0.695. The molecule has 0 saturated carbocycles. The lowest BCUT2D eigenvalue weighted by atomic mass is 10.1. The van der Waals surface area contributed by atoms with E-state index in [9.17, 15) is 13.6 Å². The van der Waals surface area contributed by atoms with Crippen molar-refractivity contribution in [3.05, 3.63) is 82.7 Å². The van der Waals surface area contributed by atoms with Gasteiger partial charge in [-0.15, -0.1) is 11.3 Å². The molecule has 1 N–H and O–H groups in total. The van der Waals surface area contributed by atoms with E-state index < -0.39 is 0 Å². The maximum atomic E-state index is 13.0. The van der Waals surface area contributed by atoms with Crippen molar-refractivity contribution in [3.8, 4) is 10.4 Å². The Balaban J connectivity index is 1.57. The van der Waals surface area contributed by atoms with E-state index in [0.29, 0.717) is 17.8 Å².